The Morgan fingerprint density at radius 1 is 1.27 bits per heavy atom. The van der Waals surface area contributed by atoms with Crippen molar-refractivity contribution in [2.24, 2.45) is 10.7 Å². The van der Waals surface area contributed by atoms with Crippen molar-refractivity contribution in [3.63, 3.8) is 0 Å². The van der Waals surface area contributed by atoms with Crippen LogP contribution in [0.1, 0.15) is 18.7 Å². The Morgan fingerprint density at radius 2 is 1.96 bits per heavy atom. The minimum absolute atomic E-state index is 0. The normalized spacial score (nSPS) is 11.8. The van der Waals surface area contributed by atoms with E-state index in [0.29, 0.717) is 12.2 Å². The van der Waals surface area contributed by atoms with Gasteiger partial charge < -0.3 is 20.4 Å². The maximum Gasteiger partial charge on any atom is 0.573 e. The third kappa shape index (κ3) is 7.93. The van der Waals surface area contributed by atoms with Crippen molar-refractivity contribution in [3.8, 4) is 5.75 Å². The summed E-state index contributed by atoms with van der Waals surface area (Å²) in [5.41, 5.74) is 6.29. The second-order valence-corrected chi connectivity index (χ2v) is 5.34. The molecule has 0 amide bonds. The van der Waals surface area contributed by atoms with Gasteiger partial charge in [0.15, 0.2) is 5.96 Å². The number of benzene rings is 1. The highest BCUT2D eigenvalue weighted by molar-refractivity contribution is 14.0. The molecule has 0 radical (unpaired) electrons. The van der Waals surface area contributed by atoms with Gasteiger partial charge in [0, 0.05) is 31.2 Å². The molecule has 0 unspecified atom stereocenters. The number of hydrogen-bond acceptors (Lipinski definition) is 3. The number of alkyl halides is 3. The second kappa shape index (κ2) is 10.2. The summed E-state index contributed by atoms with van der Waals surface area (Å²) >= 11 is 0. The molecule has 1 aromatic carbocycles. The lowest BCUT2D eigenvalue weighted by atomic mass is 10.3. The fraction of sp³-hybridized carbons (Fsp3) is 0.375. The molecule has 0 aliphatic carbocycles. The predicted molar refractivity (Wildman–Crippen MR) is 105 cm³/mol. The first-order valence-corrected chi connectivity index (χ1v) is 7.74. The lowest BCUT2D eigenvalue weighted by Crippen LogP contribution is -2.23. The summed E-state index contributed by atoms with van der Waals surface area (Å²) in [5.74, 6) is 0.897. The van der Waals surface area contributed by atoms with Crippen molar-refractivity contribution >= 4 is 35.6 Å². The van der Waals surface area contributed by atoms with Gasteiger partial charge in [-0.05, 0) is 44.0 Å². The smallest absolute Gasteiger partial charge is 0.406 e. The predicted octanol–water partition coefficient (Wildman–Crippen LogP) is 3.92. The summed E-state index contributed by atoms with van der Waals surface area (Å²) in [6.45, 7) is 3.38. The van der Waals surface area contributed by atoms with Crippen LogP contribution in [0.25, 0.3) is 0 Å². The van der Waals surface area contributed by atoms with Crippen molar-refractivity contribution in [1.29, 1.82) is 0 Å². The van der Waals surface area contributed by atoms with Crippen LogP contribution in [0.4, 0.5) is 18.9 Å². The Labute approximate surface area is 166 Å². The molecule has 0 aliphatic heterocycles. The number of imidazole rings is 1. The van der Waals surface area contributed by atoms with Crippen LogP contribution in [0, 0.1) is 6.92 Å². The molecule has 0 spiro atoms. The van der Waals surface area contributed by atoms with Crippen molar-refractivity contribution in [2.45, 2.75) is 32.7 Å². The lowest BCUT2D eigenvalue weighted by Gasteiger charge is -2.10. The van der Waals surface area contributed by atoms with Gasteiger partial charge in [0.25, 0.3) is 0 Å². The molecule has 2 aromatic rings. The van der Waals surface area contributed by atoms with Gasteiger partial charge in [-0.1, -0.05) is 0 Å². The number of ether oxygens (including phenoxy) is 1. The average Bonchev–Trinajstić information content (AvgIpc) is 2.93. The van der Waals surface area contributed by atoms with Crippen molar-refractivity contribution in [1.82, 2.24) is 9.55 Å². The highest BCUT2D eigenvalue weighted by Crippen LogP contribution is 2.23. The second-order valence-electron chi connectivity index (χ2n) is 5.34. The third-order valence-electron chi connectivity index (χ3n) is 3.37. The van der Waals surface area contributed by atoms with Gasteiger partial charge in [0.1, 0.15) is 11.6 Å². The number of hydrogen-bond donors (Lipinski definition) is 2. The number of nitrogens with one attached hydrogen (secondary N) is 1. The van der Waals surface area contributed by atoms with Crippen molar-refractivity contribution in [3.05, 3.63) is 42.5 Å². The number of aromatic nitrogens is 2. The van der Waals surface area contributed by atoms with E-state index in [1.54, 1.807) is 6.20 Å². The fourth-order valence-electron chi connectivity index (χ4n) is 2.16. The molecule has 2 rings (SSSR count). The van der Waals surface area contributed by atoms with E-state index in [4.69, 9.17) is 5.73 Å². The van der Waals surface area contributed by atoms with Crippen LogP contribution in [-0.4, -0.2) is 28.4 Å². The van der Waals surface area contributed by atoms with Crippen molar-refractivity contribution in [2.75, 3.05) is 11.9 Å². The first-order valence-electron chi connectivity index (χ1n) is 7.74. The molecule has 26 heavy (non-hydrogen) atoms. The number of anilines is 1. The first-order chi connectivity index (χ1) is 11.8. The lowest BCUT2D eigenvalue weighted by molar-refractivity contribution is -0.274. The Balaban J connectivity index is 0.00000338. The molecule has 3 N–H and O–H groups in total. The monoisotopic (exact) mass is 483 g/mol. The zero-order valence-corrected chi connectivity index (χ0v) is 16.5. The Hall–Kier alpha value is -1.98. The van der Waals surface area contributed by atoms with E-state index >= 15 is 0 Å². The SMILES string of the molecule is Cc1nccn1CCCCN=C(N)Nc1ccc(OC(F)(F)F)cc1.I. The highest BCUT2D eigenvalue weighted by atomic mass is 127. The first kappa shape index (κ1) is 22.1. The molecular weight excluding hydrogens is 462 g/mol. The molecule has 0 saturated heterocycles. The van der Waals surface area contributed by atoms with Crippen LogP contribution in [0.15, 0.2) is 41.7 Å². The summed E-state index contributed by atoms with van der Waals surface area (Å²) < 4.78 is 42.1. The summed E-state index contributed by atoms with van der Waals surface area (Å²) in [4.78, 5) is 8.34. The van der Waals surface area contributed by atoms with Crippen LogP contribution >= 0.6 is 24.0 Å². The summed E-state index contributed by atoms with van der Waals surface area (Å²) in [7, 11) is 0. The number of guanidine groups is 1. The highest BCUT2D eigenvalue weighted by Gasteiger charge is 2.30. The molecular formula is C16H21F3IN5O. The van der Waals surface area contributed by atoms with E-state index in [9.17, 15) is 13.2 Å². The standard InChI is InChI=1S/C16H20F3N5O.HI/c1-12-21-9-11-24(12)10-3-2-8-22-15(20)23-13-4-6-14(7-5-13)25-16(17,18)19;/h4-7,9,11H,2-3,8,10H2,1H3,(H3,20,22,23);1H. The number of aryl methyl sites for hydroxylation is 2. The van der Waals surface area contributed by atoms with Gasteiger partial charge in [0.05, 0.1) is 0 Å². The van der Waals surface area contributed by atoms with Gasteiger partial charge in [0.2, 0.25) is 0 Å². The van der Waals surface area contributed by atoms with E-state index in [0.717, 1.165) is 25.2 Å². The molecule has 1 heterocycles. The van der Waals surface area contributed by atoms with Crippen LogP contribution in [-0.2, 0) is 6.54 Å². The molecule has 144 valence electrons. The Morgan fingerprint density at radius 3 is 2.54 bits per heavy atom. The molecule has 6 nitrogen and oxygen atoms in total. The fourth-order valence-corrected chi connectivity index (χ4v) is 2.16. The zero-order valence-electron chi connectivity index (χ0n) is 14.2. The minimum Gasteiger partial charge on any atom is -0.406 e. The number of aliphatic imine (C=N–C) groups is 1. The molecule has 10 heteroatoms. The maximum atomic E-state index is 12.1. The quantitative estimate of drug-likeness (QED) is 0.271. The summed E-state index contributed by atoms with van der Waals surface area (Å²) in [6.07, 6.45) is 0.793. The van der Waals surface area contributed by atoms with Crippen molar-refractivity contribution < 1.29 is 17.9 Å². The van der Waals surface area contributed by atoms with E-state index in [1.807, 2.05) is 13.1 Å². The molecule has 0 fully saturated rings. The van der Waals surface area contributed by atoms with E-state index in [-0.39, 0.29) is 35.7 Å². The molecule has 0 atom stereocenters. The van der Waals surface area contributed by atoms with E-state index < -0.39 is 6.36 Å². The van der Waals surface area contributed by atoms with Gasteiger partial charge >= 0.3 is 6.36 Å². The van der Waals surface area contributed by atoms with Gasteiger partial charge in [-0.2, -0.15) is 0 Å². The number of unbranched alkanes of at least 4 members (excludes halogenated alkanes) is 1. The van der Waals surface area contributed by atoms with Crippen LogP contribution in [0.2, 0.25) is 0 Å². The third-order valence-corrected chi connectivity index (χ3v) is 3.37. The van der Waals surface area contributed by atoms with E-state index in [1.165, 1.54) is 24.3 Å². The van der Waals surface area contributed by atoms with E-state index in [2.05, 4.69) is 24.6 Å². The van der Waals surface area contributed by atoms with Gasteiger partial charge in [-0.3, -0.25) is 4.99 Å². The average molecular weight is 483 g/mol. The molecule has 1 aromatic heterocycles. The summed E-state index contributed by atoms with van der Waals surface area (Å²) in [5, 5.41) is 2.82. The Kier molecular flexibility index (Phi) is 8.69. The van der Waals surface area contributed by atoms with Gasteiger partial charge in [-0.15, -0.1) is 37.1 Å². The Bertz CT molecular complexity index is 701. The number of halogens is 4. The largest absolute Gasteiger partial charge is 0.573 e. The molecule has 0 saturated carbocycles. The van der Waals surface area contributed by atoms with Gasteiger partial charge in [-0.25, -0.2) is 4.98 Å². The van der Waals surface area contributed by atoms with Crippen LogP contribution in [0.3, 0.4) is 0 Å². The topological polar surface area (TPSA) is 77.5 Å². The number of rotatable bonds is 7. The van der Waals surface area contributed by atoms with Crippen LogP contribution in [0.5, 0.6) is 5.75 Å². The summed E-state index contributed by atoms with van der Waals surface area (Å²) in [6, 6.07) is 5.28. The van der Waals surface area contributed by atoms with Crippen LogP contribution < -0.4 is 15.8 Å². The zero-order chi connectivity index (χ0) is 18.3. The number of nitrogens with zero attached hydrogens (tertiary/aromatic N) is 3. The molecule has 0 bridgehead atoms. The minimum atomic E-state index is -4.70. The molecule has 0 aliphatic rings. The maximum absolute atomic E-state index is 12.1. The number of nitrogens with two attached hydrogens (primary N) is 1.